The Labute approximate surface area is 205 Å². The van der Waals surface area contributed by atoms with Crippen LogP contribution in [0.5, 0.6) is 0 Å². The van der Waals surface area contributed by atoms with Gasteiger partial charge in [-0.1, -0.05) is 52.9 Å². The van der Waals surface area contributed by atoms with Crippen molar-refractivity contribution in [2.75, 3.05) is 13.1 Å². The molecule has 4 aliphatic rings. The normalized spacial score (nSPS) is 26.0. The van der Waals surface area contributed by atoms with Crippen molar-refractivity contribution in [3.05, 3.63) is 56.7 Å². The Morgan fingerprint density at radius 1 is 1.09 bits per heavy atom. The van der Waals surface area contributed by atoms with Crippen LogP contribution in [0.3, 0.4) is 0 Å². The van der Waals surface area contributed by atoms with Crippen LogP contribution in [-0.4, -0.2) is 41.7 Å². The molecule has 32 heavy (non-hydrogen) atoms. The predicted octanol–water partition coefficient (Wildman–Crippen LogP) is 5.72. The van der Waals surface area contributed by atoms with E-state index >= 15 is 0 Å². The van der Waals surface area contributed by atoms with E-state index in [2.05, 4.69) is 45.7 Å². The fraction of sp³-hybridized carbons (Fsp3) is 0.577. The van der Waals surface area contributed by atoms with Crippen LogP contribution < -0.4 is 5.32 Å². The van der Waals surface area contributed by atoms with Crippen molar-refractivity contribution in [1.82, 2.24) is 10.2 Å². The van der Waals surface area contributed by atoms with Gasteiger partial charge in [-0.05, 0) is 85.6 Å². The van der Waals surface area contributed by atoms with Gasteiger partial charge in [-0.3, -0.25) is 4.79 Å². The van der Waals surface area contributed by atoms with Crippen molar-refractivity contribution >= 4 is 33.9 Å². The molecule has 5 rings (SSSR count). The molecule has 2 aliphatic carbocycles. The molecule has 2 heterocycles. The Balaban J connectivity index is 0.000000300. The number of allylic oxidation sites excluding steroid dienone is 2. The highest BCUT2D eigenvalue weighted by atomic mass is 79.9. The second-order valence-corrected chi connectivity index (χ2v) is 10.8. The molecule has 2 aliphatic heterocycles. The first-order chi connectivity index (χ1) is 15.6. The summed E-state index contributed by atoms with van der Waals surface area (Å²) >= 11 is 10.1. The van der Waals surface area contributed by atoms with E-state index in [1.807, 2.05) is 11.0 Å². The van der Waals surface area contributed by atoms with E-state index in [0.29, 0.717) is 17.9 Å². The summed E-state index contributed by atoms with van der Waals surface area (Å²) in [5.74, 6) is 0.951. The smallest absolute Gasteiger partial charge is 0.209 e. The first-order valence-corrected chi connectivity index (χ1v) is 13.2. The third kappa shape index (κ3) is 5.60. The molecular formula is C26H34BrClN2O2. The van der Waals surface area contributed by atoms with E-state index in [4.69, 9.17) is 16.7 Å². The highest BCUT2D eigenvalue weighted by Gasteiger charge is 2.39. The zero-order chi connectivity index (χ0) is 22.5. The number of likely N-dealkylation sites (tertiary alicyclic amines) is 1. The molecule has 4 nitrogen and oxygen atoms in total. The van der Waals surface area contributed by atoms with E-state index in [-0.39, 0.29) is 6.10 Å². The van der Waals surface area contributed by atoms with E-state index in [1.54, 1.807) is 0 Å². The fourth-order valence-corrected chi connectivity index (χ4v) is 6.89. The van der Waals surface area contributed by atoms with Gasteiger partial charge in [-0.25, -0.2) is 0 Å². The quantitative estimate of drug-likeness (QED) is 0.489. The van der Waals surface area contributed by atoms with Gasteiger partial charge >= 0.3 is 0 Å². The van der Waals surface area contributed by atoms with Gasteiger partial charge in [0.1, 0.15) is 0 Å². The first-order valence-electron chi connectivity index (χ1n) is 12.0. The van der Waals surface area contributed by atoms with Crippen LogP contribution in [0, 0.1) is 5.92 Å². The molecule has 0 radical (unpaired) electrons. The Hall–Kier alpha value is -1.30. The average Bonchev–Trinajstić information content (AvgIpc) is 2.97. The van der Waals surface area contributed by atoms with E-state index < -0.39 is 0 Å². The fourth-order valence-electron chi connectivity index (χ4n) is 5.75. The van der Waals surface area contributed by atoms with E-state index in [1.165, 1.54) is 36.0 Å². The molecule has 0 bridgehead atoms. The van der Waals surface area contributed by atoms with Gasteiger partial charge < -0.3 is 15.3 Å². The lowest BCUT2D eigenvalue weighted by Gasteiger charge is -2.40. The Kier molecular flexibility index (Phi) is 8.36. The minimum Gasteiger partial charge on any atom is -0.393 e. The summed E-state index contributed by atoms with van der Waals surface area (Å²) in [5.41, 5.74) is 4.24. The maximum Gasteiger partial charge on any atom is 0.209 e. The number of nitrogens with zero attached hydrogens (tertiary/aromatic N) is 1. The second kappa shape index (κ2) is 11.2. The topological polar surface area (TPSA) is 52.6 Å². The van der Waals surface area contributed by atoms with Gasteiger partial charge in [-0.2, -0.15) is 0 Å². The number of rotatable bonds is 2. The minimum absolute atomic E-state index is 0.0359. The number of nitrogens with one attached hydrogen (secondary N) is 1. The van der Waals surface area contributed by atoms with Crippen LogP contribution in [0.4, 0.5) is 0 Å². The molecule has 0 aromatic heterocycles. The number of halogens is 2. The molecule has 1 aromatic rings. The summed E-state index contributed by atoms with van der Waals surface area (Å²) in [6.45, 7) is 1.71. The van der Waals surface area contributed by atoms with Crippen molar-refractivity contribution in [1.29, 1.82) is 0 Å². The summed E-state index contributed by atoms with van der Waals surface area (Å²) in [6, 6.07) is 4.50. The summed E-state index contributed by atoms with van der Waals surface area (Å²) in [4.78, 5) is 13.0. The number of carbonyl (C=O) groups is 1. The van der Waals surface area contributed by atoms with Crippen LogP contribution >= 0.6 is 27.5 Å². The van der Waals surface area contributed by atoms with Gasteiger partial charge in [0.25, 0.3) is 0 Å². The molecule has 1 saturated heterocycles. The van der Waals surface area contributed by atoms with E-state index in [9.17, 15) is 4.79 Å². The SMILES string of the molecule is O=CN1CCC(C2c3c(Br)cc(Cl)cc3CCC3=CC=CNC32)CC1.OC1CCCCC1. The Morgan fingerprint density at radius 3 is 2.50 bits per heavy atom. The molecule has 6 heteroatoms. The summed E-state index contributed by atoms with van der Waals surface area (Å²) in [7, 11) is 0. The molecule has 2 N–H and O–H groups in total. The first kappa shape index (κ1) is 23.8. The van der Waals surface area contributed by atoms with Gasteiger partial charge in [0.15, 0.2) is 0 Å². The zero-order valence-electron chi connectivity index (χ0n) is 18.6. The predicted molar refractivity (Wildman–Crippen MR) is 134 cm³/mol. The lowest BCUT2D eigenvalue weighted by molar-refractivity contribution is -0.119. The lowest BCUT2D eigenvalue weighted by atomic mass is 9.73. The third-order valence-electron chi connectivity index (χ3n) is 7.44. The molecule has 2 unspecified atom stereocenters. The van der Waals surface area contributed by atoms with Crippen molar-refractivity contribution < 1.29 is 9.90 Å². The number of aryl methyl sites for hydroxylation is 1. The van der Waals surface area contributed by atoms with Gasteiger partial charge in [-0.15, -0.1) is 0 Å². The van der Waals surface area contributed by atoms with Gasteiger partial charge in [0, 0.05) is 28.5 Å². The Bertz CT molecular complexity index is 858. The third-order valence-corrected chi connectivity index (χ3v) is 8.32. The van der Waals surface area contributed by atoms with Crippen molar-refractivity contribution in [2.45, 2.75) is 75.9 Å². The van der Waals surface area contributed by atoms with Crippen LogP contribution in [0.2, 0.25) is 5.02 Å². The maximum absolute atomic E-state index is 11.1. The summed E-state index contributed by atoms with van der Waals surface area (Å²) < 4.78 is 1.12. The molecule has 1 aromatic carbocycles. The van der Waals surface area contributed by atoms with Crippen molar-refractivity contribution in [3.8, 4) is 0 Å². The number of amides is 1. The lowest BCUT2D eigenvalue weighted by Crippen LogP contribution is -2.42. The number of benzene rings is 1. The van der Waals surface area contributed by atoms with E-state index in [0.717, 1.165) is 67.5 Å². The van der Waals surface area contributed by atoms with Crippen LogP contribution in [-0.2, 0) is 11.2 Å². The van der Waals surface area contributed by atoms with Crippen LogP contribution in [0.25, 0.3) is 0 Å². The van der Waals surface area contributed by atoms with Gasteiger partial charge in [0.05, 0.1) is 12.1 Å². The minimum atomic E-state index is 0.0359. The van der Waals surface area contributed by atoms with Crippen LogP contribution in [0.15, 0.2) is 40.5 Å². The molecule has 174 valence electrons. The number of fused-ring (bicyclic) bond motifs is 2. The molecule has 0 spiro atoms. The summed E-state index contributed by atoms with van der Waals surface area (Å²) in [5, 5.41) is 13.3. The van der Waals surface area contributed by atoms with Crippen LogP contribution in [0.1, 0.15) is 68.4 Å². The molecule has 2 fully saturated rings. The number of aliphatic hydroxyl groups excluding tert-OH is 1. The molecular weight excluding hydrogens is 488 g/mol. The maximum atomic E-state index is 11.1. The highest BCUT2D eigenvalue weighted by molar-refractivity contribution is 9.10. The zero-order valence-corrected chi connectivity index (χ0v) is 21.0. The molecule has 2 atom stereocenters. The highest BCUT2D eigenvalue weighted by Crippen LogP contribution is 2.46. The summed E-state index contributed by atoms with van der Waals surface area (Å²) in [6.07, 6.45) is 17.5. The molecule has 1 saturated carbocycles. The standard InChI is InChI=1S/C20H22BrClN2O.C6H12O/c21-17-11-16(22)10-15-4-3-14-2-1-7-23-20(14)19(18(15)17)13-5-8-24(12-25)9-6-13;7-6-4-2-1-3-5-6/h1-2,7,10-13,19-20,23H,3-6,8-9H2;6-7H,1-5H2. The second-order valence-electron chi connectivity index (χ2n) is 9.50. The van der Waals surface area contributed by atoms with Gasteiger partial charge in [0.2, 0.25) is 6.41 Å². The number of dihydropyridines is 1. The number of aliphatic hydroxyl groups is 1. The number of hydrogen-bond donors (Lipinski definition) is 2. The van der Waals surface area contributed by atoms with Crippen molar-refractivity contribution in [2.24, 2.45) is 5.92 Å². The monoisotopic (exact) mass is 520 g/mol. The van der Waals surface area contributed by atoms with Crippen molar-refractivity contribution in [3.63, 3.8) is 0 Å². The largest absolute Gasteiger partial charge is 0.393 e. The average molecular weight is 522 g/mol. The number of hydrogen-bond acceptors (Lipinski definition) is 3. The number of carbonyl (C=O) groups excluding carboxylic acids is 1. The Morgan fingerprint density at radius 2 is 1.84 bits per heavy atom. The number of piperidine rings is 1. The molecule has 1 amide bonds.